The van der Waals surface area contributed by atoms with Gasteiger partial charge in [0.1, 0.15) is 5.75 Å². The van der Waals surface area contributed by atoms with Gasteiger partial charge in [0, 0.05) is 12.2 Å². The van der Waals surface area contributed by atoms with Crippen LogP contribution in [0.15, 0.2) is 24.3 Å². The lowest BCUT2D eigenvalue weighted by atomic mass is 10.2. The molecule has 2 amide bonds. The Kier molecular flexibility index (Phi) is 7.69. The van der Waals surface area contributed by atoms with Crippen LogP contribution in [-0.4, -0.2) is 43.9 Å². The molecule has 9 heteroatoms. The molecule has 0 aliphatic rings. The largest absolute Gasteiger partial charge is 0.573 e. The van der Waals surface area contributed by atoms with Crippen LogP contribution in [0.3, 0.4) is 0 Å². The van der Waals surface area contributed by atoms with Gasteiger partial charge in [-0.2, -0.15) is 0 Å². The Balaban J connectivity index is 2.65. The molecule has 0 saturated heterocycles. The fourth-order valence-electron chi connectivity index (χ4n) is 2.23. The highest BCUT2D eigenvalue weighted by molar-refractivity contribution is 5.93. The van der Waals surface area contributed by atoms with Crippen molar-refractivity contribution in [3.63, 3.8) is 0 Å². The van der Waals surface area contributed by atoms with E-state index < -0.39 is 12.4 Å². The van der Waals surface area contributed by atoms with E-state index in [1.807, 2.05) is 13.8 Å². The second kappa shape index (κ2) is 9.26. The minimum atomic E-state index is -4.76. The summed E-state index contributed by atoms with van der Waals surface area (Å²) in [5.74, 6) is -0.839. The van der Waals surface area contributed by atoms with Gasteiger partial charge in [-0.3, -0.25) is 9.59 Å². The van der Waals surface area contributed by atoms with Crippen LogP contribution < -0.4 is 20.3 Å². The molecule has 0 fully saturated rings. The number of ether oxygens (including phenoxy) is 1. The quantitative estimate of drug-likeness (QED) is 0.645. The summed E-state index contributed by atoms with van der Waals surface area (Å²) in [6.07, 6.45) is -4.76. The van der Waals surface area contributed by atoms with E-state index >= 15 is 0 Å². The van der Waals surface area contributed by atoms with Gasteiger partial charge in [-0.05, 0) is 45.0 Å². The first-order valence-corrected chi connectivity index (χ1v) is 7.94. The van der Waals surface area contributed by atoms with Crippen LogP contribution in [0.2, 0.25) is 0 Å². The van der Waals surface area contributed by atoms with Gasteiger partial charge in [-0.1, -0.05) is 0 Å². The van der Waals surface area contributed by atoms with E-state index in [0.717, 1.165) is 17.0 Å². The van der Waals surface area contributed by atoms with Gasteiger partial charge < -0.3 is 20.3 Å². The maximum Gasteiger partial charge on any atom is 0.573 e. The summed E-state index contributed by atoms with van der Waals surface area (Å²) >= 11 is 0. The molecule has 0 radical (unpaired) electrons. The molecule has 0 aliphatic heterocycles. The standard InChI is InChI=1S/C16H22F3N3O3/c1-4-20-14(23)10-22(5-2)11(3)15(24)21-12-6-8-13(9-7-12)25-16(17,18)19/h6-9,11H,4-5,10H2,1-3H3,(H,20,23)(H,21,24)/p+1/t11-/m0/s1. The number of likely N-dealkylation sites (N-methyl/N-ethyl adjacent to an activating group) is 2. The van der Waals surface area contributed by atoms with E-state index in [0.29, 0.717) is 18.8 Å². The molecule has 0 bridgehead atoms. The zero-order valence-corrected chi connectivity index (χ0v) is 14.4. The fourth-order valence-corrected chi connectivity index (χ4v) is 2.23. The third-order valence-electron chi connectivity index (χ3n) is 3.58. The highest BCUT2D eigenvalue weighted by Crippen LogP contribution is 2.23. The van der Waals surface area contributed by atoms with Gasteiger partial charge in [0.05, 0.1) is 6.54 Å². The van der Waals surface area contributed by atoms with Gasteiger partial charge in [-0.15, -0.1) is 13.2 Å². The van der Waals surface area contributed by atoms with E-state index in [1.54, 1.807) is 6.92 Å². The van der Waals surface area contributed by atoms with Crippen molar-refractivity contribution in [1.82, 2.24) is 5.32 Å². The topological polar surface area (TPSA) is 71.9 Å². The van der Waals surface area contributed by atoms with Crippen molar-refractivity contribution in [2.75, 3.05) is 25.0 Å². The van der Waals surface area contributed by atoms with Crippen LogP contribution in [0, 0.1) is 0 Å². The molecule has 1 rings (SSSR count). The number of hydrogen-bond acceptors (Lipinski definition) is 3. The second-order valence-corrected chi connectivity index (χ2v) is 5.43. The average Bonchev–Trinajstić information content (AvgIpc) is 2.52. The lowest BCUT2D eigenvalue weighted by molar-refractivity contribution is -0.904. The lowest BCUT2D eigenvalue weighted by Gasteiger charge is -2.23. The number of alkyl halides is 3. The highest BCUT2D eigenvalue weighted by atomic mass is 19.4. The molecular weight excluding hydrogens is 339 g/mol. The van der Waals surface area contributed by atoms with E-state index in [-0.39, 0.29) is 24.1 Å². The van der Waals surface area contributed by atoms with Crippen LogP contribution in [0.25, 0.3) is 0 Å². The summed E-state index contributed by atoms with van der Waals surface area (Å²) in [5.41, 5.74) is 0.347. The van der Waals surface area contributed by atoms with Crippen molar-refractivity contribution >= 4 is 17.5 Å². The molecule has 1 unspecified atom stereocenters. The zero-order valence-electron chi connectivity index (χ0n) is 14.4. The Morgan fingerprint density at radius 1 is 1.20 bits per heavy atom. The van der Waals surface area contributed by atoms with Gasteiger partial charge >= 0.3 is 6.36 Å². The number of quaternary nitrogens is 1. The van der Waals surface area contributed by atoms with Gasteiger partial charge in [-0.25, -0.2) is 0 Å². The maximum absolute atomic E-state index is 12.3. The third kappa shape index (κ3) is 7.42. The predicted molar refractivity (Wildman–Crippen MR) is 86.3 cm³/mol. The molecule has 1 aromatic carbocycles. The third-order valence-corrected chi connectivity index (χ3v) is 3.58. The summed E-state index contributed by atoms with van der Waals surface area (Å²) in [7, 11) is 0. The van der Waals surface area contributed by atoms with Crippen molar-refractivity contribution in [3.05, 3.63) is 24.3 Å². The van der Waals surface area contributed by atoms with Gasteiger partial charge in [0.25, 0.3) is 11.8 Å². The minimum Gasteiger partial charge on any atom is -0.406 e. The summed E-state index contributed by atoms with van der Waals surface area (Å²) in [4.78, 5) is 24.7. The molecule has 0 heterocycles. The predicted octanol–water partition coefficient (Wildman–Crippen LogP) is 0.953. The van der Waals surface area contributed by atoms with Crippen molar-refractivity contribution < 1.29 is 32.4 Å². The molecule has 0 spiro atoms. The first kappa shape index (κ1) is 20.8. The molecule has 140 valence electrons. The van der Waals surface area contributed by atoms with E-state index in [4.69, 9.17) is 0 Å². The van der Waals surface area contributed by atoms with Crippen molar-refractivity contribution in [2.45, 2.75) is 33.2 Å². The number of benzene rings is 1. The Labute approximate surface area is 144 Å². The Morgan fingerprint density at radius 2 is 1.80 bits per heavy atom. The Hall–Kier alpha value is -2.29. The van der Waals surface area contributed by atoms with E-state index in [2.05, 4.69) is 15.4 Å². The summed E-state index contributed by atoms with van der Waals surface area (Å²) in [6, 6.07) is 4.38. The van der Waals surface area contributed by atoms with Crippen molar-refractivity contribution in [2.24, 2.45) is 0 Å². The number of carbonyl (C=O) groups excluding carboxylic acids is 2. The lowest BCUT2D eigenvalue weighted by Crippen LogP contribution is -3.17. The fraction of sp³-hybridized carbons (Fsp3) is 0.500. The SMILES string of the molecule is CCNC(=O)C[NH+](CC)[C@@H](C)C(=O)Nc1ccc(OC(F)(F)F)cc1. The Bertz CT molecular complexity index is 576. The number of carbonyl (C=O) groups is 2. The molecule has 0 aromatic heterocycles. The molecule has 1 aromatic rings. The zero-order chi connectivity index (χ0) is 19.0. The molecule has 0 saturated carbocycles. The van der Waals surface area contributed by atoms with Crippen LogP contribution in [0.4, 0.5) is 18.9 Å². The molecular formula is C16H23F3N3O3+. The monoisotopic (exact) mass is 362 g/mol. The number of amides is 2. The van der Waals surface area contributed by atoms with Crippen molar-refractivity contribution in [1.29, 1.82) is 0 Å². The molecule has 25 heavy (non-hydrogen) atoms. The molecule has 2 atom stereocenters. The maximum atomic E-state index is 12.3. The first-order valence-electron chi connectivity index (χ1n) is 7.94. The van der Waals surface area contributed by atoms with Crippen LogP contribution in [0.5, 0.6) is 5.75 Å². The highest BCUT2D eigenvalue weighted by Gasteiger charge is 2.31. The number of nitrogens with one attached hydrogen (secondary N) is 3. The normalized spacial score (nSPS) is 13.7. The smallest absolute Gasteiger partial charge is 0.406 e. The molecule has 6 nitrogen and oxygen atoms in total. The van der Waals surface area contributed by atoms with Crippen LogP contribution in [-0.2, 0) is 9.59 Å². The first-order chi connectivity index (χ1) is 11.7. The van der Waals surface area contributed by atoms with Gasteiger partial charge in [0.2, 0.25) is 0 Å². The Morgan fingerprint density at radius 3 is 2.28 bits per heavy atom. The van der Waals surface area contributed by atoms with Crippen molar-refractivity contribution in [3.8, 4) is 5.75 Å². The van der Waals surface area contributed by atoms with Crippen LogP contribution >= 0.6 is 0 Å². The minimum absolute atomic E-state index is 0.146. The molecule has 0 aliphatic carbocycles. The number of anilines is 1. The number of halogens is 3. The second-order valence-electron chi connectivity index (χ2n) is 5.43. The number of rotatable bonds is 8. The summed E-state index contributed by atoms with van der Waals surface area (Å²) in [6.45, 7) is 6.62. The average molecular weight is 362 g/mol. The summed E-state index contributed by atoms with van der Waals surface area (Å²) in [5, 5.41) is 5.30. The summed E-state index contributed by atoms with van der Waals surface area (Å²) < 4.78 is 40.1. The molecule has 3 N–H and O–H groups in total. The van der Waals surface area contributed by atoms with Crippen LogP contribution in [0.1, 0.15) is 20.8 Å². The van der Waals surface area contributed by atoms with E-state index in [1.165, 1.54) is 12.1 Å². The van der Waals surface area contributed by atoms with Gasteiger partial charge in [0.15, 0.2) is 12.6 Å². The van der Waals surface area contributed by atoms with E-state index in [9.17, 15) is 22.8 Å². The number of hydrogen-bond donors (Lipinski definition) is 3.